The van der Waals surface area contributed by atoms with E-state index in [2.05, 4.69) is 19.6 Å². The number of aliphatic hydroxyl groups is 1. The summed E-state index contributed by atoms with van der Waals surface area (Å²) in [5.74, 6) is 0.152. The highest BCUT2D eigenvalue weighted by atomic mass is 35.5. The standard InChI is InChI=1S/C30H40ClFN4O6Si/c1-43(2,3)9-8-38-16-36-29-23(35-30(36)42-25-15-41-27-24(37)14-40-28(25)27)13-20(31)22(34-29)11-18-5-4-17-10-19(39-7-6-33)12-21(32)26(17)18/h10,12-13,18,24-25,27-28,37H,4-9,11,14-16,33H2,1-3H3/t18?,24-,25-,27-,28-/m1/s1. The highest BCUT2D eigenvalue weighted by molar-refractivity contribution is 6.76. The number of nitrogens with two attached hydrogens (primary N) is 1. The molecule has 4 heterocycles. The molecule has 3 aromatic rings. The summed E-state index contributed by atoms with van der Waals surface area (Å²) in [6.45, 7) is 8.90. The second-order valence-electron chi connectivity index (χ2n) is 12.8. The lowest BCUT2D eigenvalue weighted by atomic mass is 9.95. The number of benzene rings is 1. The summed E-state index contributed by atoms with van der Waals surface area (Å²) in [5, 5.41) is 10.6. The molecule has 0 amide bonds. The molecule has 0 saturated carbocycles. The first kappa shape index (κ1) is 30.7. The van der Waals surface area contributed by atoms with Crippen molar-refractivity contribution in [3.05, 3.63) is 45.9 Å². The van der Waals surface area contributed by atoms with Crippen LogP contribution in [-0.4, -0.2) is 85.1 Å². The summed E-state index contributed by atoms with van der Waals surface area (Å²) in [7, 11) is -1.29. The molecule has 1 aliphatic carbocycles. The highest BCUT2D eigenvalue weighted by Gasteiger charge is 2.49. The molecule has 2 saturated heterocycles. The predicted octanol–water partition coefficient (Wildman–Crippen LogP) is 4.05. The number of halogens is 2. The smallest absolute Gasteiger partial charge is 0.301 e. The summed E-state index contributed by atoms with van der Waals surface area (Å²) < 4.78 is 46.6. The Hall–Kier alpha value is -2.32. The second kappa shape index (κ2) is 12.6. The van der Waals surface area contributed by atoms with E-state index in [0.717, 1.165) is 24.4 Å². The fourth-order valence-electron chi connectivity index (χ4n) is 6.09. The Balaban J connectivity index is 1.27. The van der Waals surface area contributed by atoms with E-state index < -0.39 is 26.4 Å². The molecule has 3 N–H and O–H groups in total. The van der Waals surface area contributed by atoms with Gasteiger partial charge in [0.2, 0.25) is 0 Å². The topological polar surface area (TPSA) is 123 Å². The Kier molecular flexibility index (Phi) is 8.98. The monoisotopic (exact) mass is 634 g/mol. The molecule has 234 valence electrons. The van der Waals surface area contributed by atoms with E-state index in [0.29, 0.717) is 65.4 Å². The van der Waals surface area contributed by atoms with Crippen molar-refractivity contribution in [3.63, 3.8) is 0 Å². The number of pyridine rings is 1. The molecule has 5 atom stereocenters. The number of aromatic nitrogens is 3. The van der Waals surface area contributed by atoms with Gasteiger partial charge in [0.1, 0.15) is 48.7 Å². The largest absolute Gasteiger partial charge is 0.492 e. The minimum Gasteiger partial charge on any atom is -0.492 e. The van der Waals surface area contributed by atoms with Crippen LogP contribution in [0.3, 0.4) is 0 Å². The van der Waals surface area contributed by atoms with Crippen molar-refractivity contribution in [1.29, 1.82) is 0 Å². The lowest BCUT2D eigenvalue weighted by Crippen LogP contribution is -2.35. The quantitative estimate of drug-likeness (QED) is 0.224. The minimum atomic E-state index is -1.29. The van der Waals surface area contributed by atoms with Crippen LogP contribution >= 0.6 is 11.6 Å². The zero-order valence-electron chi connectivity index (χ0n) is 24.9. The van der Waals surface area contributed by atoms with Gasteiger partial charge in [-0.3, -0.25) is 4.57 Å². The molecule has 3 aliphatic rings. The number of ether oxygens (including phenoxy) is 5. The van der Waals surface area contributed by atoms with Crippen molar-refractivity contribution in [3.8, 4) is 11.8 Å². The van der Waals surface area contributed by atoms with Crippen LogP contribution in [0.1, 0.15) is 29.2 Å². The first-order chi connectivity index (χ1) is 20.6. The number of rotatable bonds is 12. The summed E-state index contributed by atoms with van der Waals surface area (Å²) in [5.41, 5.74) is 8.99. The molecule has 0 radical (unpaired) electrons. The average Bonchev–Trinajstić information content (AvgIpc) is 3.71. The van der Waals surface area contributed by atoms with E-state index in [1.807, 2.05) is 10.6 Å². The van der Waals surface area contributed by atoms with Gasteiger partial charge < -0.3 is 34.5 Å². The Morgan fingerprint density at radius 2 is 1.95 bits per heavy atom. The van der Waals surface area contributed by atoms with E-state index in [4.69, 9.17) is 51.0 Å². The van der Waals surface area contributed by atoms with E-state index in [1.165, 1.54) is 6.07 Å². The van der Waals surface area contributed by atoms with Crippen LogP contribution in [-0.2, 0) is 33.8 Å². The van der Waals surface area contributed by atoms with Crippen molar-refractivity contribution in [2.45, 2.75) is 82.0 Å². The molecule has 1 aromatic carbocycles. The molecule has 43 heavy (non-hydrogen) atoms. The fraction of sp³-hybridized carbons (Fsp3) is 0.600. The number of nitrogens with zero attached hydrogens (tertiary/aromatic N) is 3. The number of aliphatic hydroxyl groups excluding tert-OH is 1. The van der Waals surface area contributed by atoms with E-state index in [9.17, 15) is 5.11 Å². The molecule has 0 bridgehead atoms. The molecule has 1 unspecified atom stereocenters. The third-order valence-electron chi connectivity index (χ3n) is 8.35. The van der Waals surface area contributed by atoms with Gasteiger partial charge in [-0.2, -0.15) is 4.98 Å². The van der Waals surface area contributed by atoms with Gasteiger partial charge in [-0.25, -0.2) is 9.37 Å². The molecule has 6 rings (SSSR count). The number of imidazole rings is 1. The third-order valence-corrected chi connectivity index (χ3v) is 10.4. The third kappa shape index (κ3) is 6.56. The van der Waals surface area contributed by atoms with Crippen LogP contribution in [0.25, 0.3) is 11.2 Å². The lowest BCUT2D eigenvalue weighted by molar-refractivity contribution is 0.00336. The Labute approximate surface area is 256 Å². The normalized spacial score (nSPS) is 25.0. The second-order valence-corrected chi connectivity index (χ2v) is 18.8. The first-order valence-electron chi connectivity index (χ1n) is 15.0. The van der Waals surface area contributed by atoms with Gasteiger partial charge in [-0.1, -0.05) is 31.2 Å². The number of aryl methyl sites for hydroxylation is 1. The SMILES string of the molecule is C[Si](C)(C)CCOCn1c(O[C@@H]2CO[C@H]3[C@@H]2OC[C@H]3O)nc2cc(Cl)c(CC3CCc4cc(OCCN)cc(F)c43)nc21. The number of hydrogen-bond donors (Lipinski definition) is 2. The maximum absolute atomic E-state index is 15.3. The summed E-state index contributed by atoms with van der Waals surface area (Å²) in [4.78, 5) is 9.67. The van der Waals surface area contributed by atoms with Crippen molar-refractivity contribution in [2.24, 2.45) is 5.73 Å². The van der Waals surface area contributed by atoms with E-state index in [1.54, 1.807) is 6.07 Å². The predicted molar refractivity (Wildman–Crippen MR) is 162 cm³/mol. The zero-order chi connectivity index (χ0) is 30.3. The molecule has 2 aliphatic heterocycles. The van der Waals surface area contributed by atoms with Crippen molar-refractivity contribution in [1.82, 2.24) is 14.5 Å². The van der Waals surface area contributed by atoms with Crippen LogP contribution in [0.4, 0.5) is 4.39 Å². The zero-order valence-corrected chi connectivity index (χ0v) is 26.6. The number of hydrogen-bond acceptors (Lipinski definition) is 9. The van der Waals surface area contributed by atoms with Crippen LogP contribution in [0.15, 0.2) is 18.2 Å². The van der Waals surface area contributed by atoms with Gasteiger partial charge in [0, 0.05) is 27.3 Å². The molecule has 0 spiro atoms. The van der Waals surface area contributed by atoms with Crippen LogP contribution in [0.5, 0.6) is 11.8 Å². The van der Waals surface area contributed by atoms with Gasteiger partial charge >= 0.3 is 6.01 Å². The Morgan fingerprint density at radius 3 is 2.74 bits per heavy atom. The fourth-order valence-corrected chi connectivity index (χ4v) is 7.07. The molecule has 2 aromatic heterocycles. The Morgan fingerprint density at radius 1 is 1.14 bits per heavy atom. The summed E-state index contributed by atoms with van der Waals surface area (Å²) in [6.07, 6.45) is 0.0827. The highest BCUT2D eigenvalue weighted by Crippen LogP contribution is 2.40. The average molecular weight is 635 g/mol. The van der Waals surface area contributed by atoms with E-state index >= 15 is 4.39 Å². The van der Waals surface area contributed by atoms with Crippen molar-refractivity contribution < 1.29 is 33.2 Å². The molecule has 2 fully saturated rings. The summed E-state index contributed by atoms with van der Waals surface area (Å²) in [6, 6.07) is 6.46. The molecule has 13 heteroatoms. The lowest BCUT2D eigenvalue weighted by Gasteiger charge is -2.19. The van der Waals surface area contributed by atoms with Gasteiger partial charge in [0.05, 0.1) is 23.9 Å². The summed E-state index contributed by atoms with van der Waals surface area (Å²) >= 11 is 6.76. The molecule has 10 nitrogen and oxygen atoms in total. The van der Waals surface area contributed by atoms with Crippen LogP contribution < -0.4 is 15.2 Å². The molecular weight excluding hydrogens is 595 g/mol. The van der Waals surface area contributed by atoms with Crippen LogP contribution in [0, 0.1) is 5.82 Å². The van der Waals surface area contributed by atoms with Crippen molar-refractivity contribution in [2.75, 3.05) is 33.0 Å². The van der Waals surface area contributed by atoms with Gasteiger partial charge in [0.25, 0.3) is 0 Å². The maximum atomic E-state index is 15.3. The van der Waals surface area contributed by atoms with E-state index in [-0.39, 0.29) is 37.8 Å². The van der Waals surface area contributed by atoms with Gasteiger partial charge in [0.15, 0.2) is 11.8 Å². The van der Waals surface area contributed by atoms with Gasteiger partial charge in [-0.15, -0.1) is 0 Å². The van der Waals surface area contributed by atoms with Crippen LogP contribution in [0.2, 0.25) is 30.7 Å². The van der Waals surface area contributed by atoms with Crippen molar-refractivity contribution >= 4 is 30.8 Å². The maximum Gasteiger partial charge on any atom is 0.301 e. The minimum absolute atomic E-state index is 0.0698. The van der Waals surface area contributed by atoms with Gasteiger partial charge in [-0.05, 0) is 54.5 Å². The molecular formula is C30H40ClFN4O6Si. The number of fused-ring (bicyclic) bond motifs is 3. The first-order valence-corrected chi connectivity index (χ1v) is 19.1. The Bertz CT molecular complexity index is 1470.